The van der Waals surface area contributed by atoms with Gasteiger partial charge in [0.2, 0.25) is 0 Å². The lowest BCUT2D eigenvalue weighted by atomic mass is 9.75. The SMILES string of the molecule is CCOC(=O)C(CCOC)(C(=O)O)c1ccccc1C. The molecule has 0 aliphatic carbocycles. The van der Waals surface area contributed by atoms with Crippen LogP contribution in [0.4, 0.5) is 0 Å². The van der Waals surface area contributed by atoms with Crippen LogP contribution < -0.4 is 0 Å². The Kier molecular flexibility index (Phi) is 5.70. The highest BCUT2D eigenvalue weighted by molar-refractivity contribution is 6.05. The number of carbonyl (C=O) groups excluding carboxylic acids is 1. The first-order valence-corrected chi connectivity index (χ1v) is 6.46. The Morgan fingerprint density at radius 2 is 1.95 bits per heavy atom. The van der Waals surface area contributed by atoms with Crippen molar-refractivity contribution in [1.29, 1.82) is 0 Å². The Morgan fingerprint density at radius 3 is 2.45 bits per heavy atom. The lowest BCUT2D eigenvalue weighted by Gasteiger charge is -2.28. The normalized spacial score (nSPS) is 13.6. The van der Waals surface area contributed by atoms with Crippen LogP contribution in [0.2, 0.25) is 0 Å². The van der Waals surface area contributed by atoms with Crippen LogP contribution in [-0.2, 0) is 24.5 Å². The van der Waals surface area contributed by atoms with E-state index in [-0.39, 0.29) is 19.6 Å². The third-order valence-corrected chi connectivity index (χ3v) is 3.28. The molecule has 0 amide bonds. The summed E-state index contributed by atoms with van der Waals surface area (Å²) in [6.45, 7) is 3.71. The molecule has 1 atom stereocenters. The zero-order valence-corrected chi connectivity index (χ0v) is 12.0. The van der Waals surface area contributed by atoms with Crippen LogP contribution in [0.3, 0.4) is 0 Å². The largest absolute Gasteiger partial charge is 0.480 e. The molecule has 5 nitrogen and oxygen atoms in total. The molecule has 1 rings (SSSR count). The van der Waals surface area contributed by atoms with Gasteiger partial charge in [0.25, 0.3) is 0 Å². The molecule has 0 aromatic heterocycles. The molecule has 0 aliphatic heterocycles. The molecule has 110 valence electrons. The quantitative estimate of drug-likeness (QED) is 0.610. The number of carboxylic acids is 1. The van der Waals surface area contributed by atoms with Crippen LogP contribution in [0.1, 0.15) is 24.5 Å². The highest BCUT2D eigenvalue weighted by Crippen LogP contribution is 2.33. The molecule has 5 heteroatoms. The van der Waals surface area contributed by atoms with Gasteiger partial charge in [-0.1, -0.05) is 24.3 Å². The molecule has 0 aliphatic rings. The van der Waals surface area contributed by atoms with Gasteiger partial charge in [0.05, 0.1) is 6.61 Å². The summed E-state index contributed by atoms with van der Waals surface area (Å²) in [5, 5.41) is 9.67. The Balaban J connectivity index is 3.40. The van der Waals surface area contributed by atoms with Crippen LogP contribution in [0.5, 0.6) is 0 Å². The highest BCUT2D eigenvalue weighted by Gasteiger charge is 2.49. The molecule has 1 N–H and O–H groups in total. The first-order chi connectivity index (χ1) is 9.50. The van der Waals surface area contributed by atoms with Gasteiger partial charge in [0.1, 0.15) is 0 Å². The lowest BCUT2D eigenvalue weighted by molar-refractivity contribution is -0.162. The van der Waals surface area contributed by atoms with E-state index in [1.165, 1.54) is 7.11 Å². The van der Waals surface area contributed by atoms with E-state index < -0.39 is 17.4 Å². The minimum atomic E-state index is -1.72. The molecule has 0 heterocycles. The minimum Gasteiger partial charge on any atom is -0.480 e. The van der Waals surface area contributed by atoms with Gasteiger partial charge in [-0.2, -0.15) is 0 Å². The molecular weight excluding hydrogens is 260 g/mol. The fraction of sp³-hybridized carbons (Fsp3) is 0.467. The van der Waals surface area contributed by atoms with E-state index in [0.717, 1.165) is 5.56 Å². The van der Waals surface area contributed by atoms with Crippen LogP contribution in [-0.4, -0.2) is 37.4 Å². The average molecular weight is 280 g/mol. The van der Waals surface area contributed by atoms with Crippen molar-refractivity contribution < 1.29 is 24.2 Å². The van der Waals surface area contributed by atoms with Crippen molar-refractivity contribution in [3.05, 3.63) is 35.4 Å². The summed E-state index contributed by atoms with van der Waals surface area (Å²) in [7, 11) is 1.47. The summed E-state index contributed by atoms with van der Waals surface area (Å²) in [6, 6.07) is 6.94. The van der Waals surface area contributed by atoms with Crippen molar-refractivity contribution in [2.24, 2.45) is 0 Å². The molecule has 0 bridgehead atoms. The Morgan fingerprint density at radius 1 is 1.30 bits per heavy atom. The monoisotopic (exact) mass is 280 g/mol. The number of esters is 1. The smallest absolute Gasteiger partial charge is 0.328 e. The number of carbonyl (C=O) groups is 2. The standard InChI is InChI=1S/C15H20O5/c1-4-20-14(18)15(13(16)17,9-10-19-3)12-8-6-5-7-11(12)2/h5-8H,4,9-10H2,1-3H3,(H,16,17). The van der Waals surface area contributed by atoms with Crippen molar-refractivity contribution >= 4 is 11.9 Å². The number of methoxy groups -OCH3 is 1. The molecule has 1 aromatic carbocycles. The van der Waals surface area contributed by atoms with Gasteiger partial charge in [-0.05, 0) is 25.0 Å². The molecule has 0 fully saturated rings. The van der Waals surface area contributed by atoms with E-state index in [1.54, 1.807) is 38.1 Å². The number of benzene rings is 1. The fourth-order valence-electron chi connectivity index (χ4n) is 2.22. The van der Waals surface area contributed by atoms with Crippen LogP contribution in [0.25, 0.3) is 0 Å². The third-order valence-electron chi connectivity index (χ3n) is 3.28. The van der Waals surface area contributed by atoms with Gasteiger partial charge in [0.15, 0.2) is 5.41 Å². The second-order valence-electron chi connectivity index (χ2n) is 4.49. The van der Waals surface area contributed by atoms with Crippen molar-refractivity contribution in [3.8, 4) is 0 Å². The van der Waals surface area contributed by atoms with E-state index in [0.29, 0.717) is 5.56 Å². The first-order valence-electron chi connectivity index (χ1n) is 6.46. The highest BCUT2D eigenvalue weighted by atomic mass is 16.5. The molecule has 0 spiro atoms. The number of rotatable bonds is 7. The van der Waals surface area contributed by atoms with Crippen LogP contribution in [0, 0.1) is 6.92 Å². The van der Waals surface area contributed by atoms with Gasteiger partial charge in [-0.3, -0.25) is 9.59 Å². The molecule has 0 radical (unpaired) electrons. The minimum absolute atomic E-state index is 0.0303. The predicted octanol–water partition coefficient (Wildman–Crippen LogP) is 1.92. The Labute approximate surface area is 118 Å². The van der Waals surface area contributed by atoms with Crippen LogP contribution in [0.15, 0.2) is 24.3 Å². The maximum atomic E-state index is 12.3. The first kappa shape index (κ1) is 16.2. The summed E-state index contributed by atoms with van der Waals surface area (Å²) in [5.74, 6) is -1.97. The molecule has 20 heavy (non-hydrogen) atoms. The van der Waals surface area contributed by atoms with Gasteiger partial charge in [-0.15, -0.1) is 0 Å². The van der Waals surface area contributed by atoms with Crippen molar-refractivity contribution in [3.63, 3.8) is 0 Å². The van der Waals surface area contributed by atoms with Crippen molar-refractivity contribution in [1.82, 2.24) is 0 Å². The van der Waals surface area contributed by atoms with Gasteiger partial charge >= 0.3 is 11.9 Å². The average Bonchev–Trinajstić information content (AvgIpc) is 2.41. The predicted molar refractivity (Wildman–Crippen MR) is 73.6 cm³/mol. The number of ether oxygens (including phenoxy) is 2. The Bertz CT molecular complexity index is 483. The van der Waals surface area contributed by atoms with Crippen molar-refractivity contribution in [2.75, 3.05) is 20.3 Å². The molecule has 1 aromatic rings. The Hall–Kier alpha value is -1.88. The van der Waals surface area contributed by atoms with E-state index in [2.05, 4.69) is 0 Å². The fourth-order valence-corrected chi connectivity index (χ4v) is 2.22. The number of aliphatic carboxylic acids is 1. The molecule has 0 saturated heterocycles. The summed E-state index contributed by atoms with van der Waals surface area (Å²) in [4.78, 5) is 24.1. The molecule has 0 saturated carbocycles. The summed E-state index contributed by atoms with van der Waals surface area (Å²) >= 11 is 0. The summed E-state index contributed by atoms with van der Waals surface area (Å²) < 4.78 is 9.97. The second kappa shape index (κ2) is 7.05. The van der Waals surface area contributed by atoms with E-state index in [9.17, 15) is 14.7 Å². The van der Waals surface area contributed by atoms with Gasteiger partial charge in [0, 0.05) is 20.1 Å². The lowest BCUT2D eigenvalue weighted by Crippen LogP contribution is -2.46. The number of hydrogen-bond donors (Lipinski definition) is 1. The number of aryl methyl sites for hydroxylation is 1. The summed E-state index contributed by atoms with van der Waals surface area (Å²) in [5.41, 5.74) is -0.542. The third kappa shape index (κ3) is 2.99. The van der Waals surface area contributed by atoms with Gasteiger partial charge < -0.3 is 14.6 Å². The summed E-state index contributed by atoms with van der Waals surface area (Å²) in [6.07, 6.45) is 0.0303. The van der Waals surface area contributed by atoms with E-state index >= 15 is 0 Å². The maximum absolute atomic E-state index is 12.3. The number of carboxylic acid groups (broad SMARTS) is 1. The number of hydrogen-bond acceptors (Lipinski definition) is 4. The topological polar surface area (TPSA) is 72.8 Å². The second-order valence-corrected chi connectivity index (χ2v) is 4.49. The van der Waals surface area contributed by atoms with Crippen LogP contribution >= 0.6 is 0 Å². The van der Waals surface area contributed by atoms with Crippen molar-refractivity contribution in [2.45, 2.75) is 25.7 Å². The maximum Gasteiger partial charge on any atom is 0.328 e. The molecule has 1 unspecified atom stereocenters. The van der Waals surface area contributed by atoms with E-state index in [1.807, 2.05) is 0 Å². The molecular formula is C15H20O5. The zero-order chi connectivity index (χ0) is 15.2. The zero-order valence-electron chi connectivity index (χ0n) is 12.0. The van der Waals surface area contributed by atoms with E-state index in [4.69, 9.17) is 9.47 Å². The van der Waals surface area contributed by atoms with Gasteiger partial charge in [-0.25, -0.2) is 0 Å².